The molecule has 6 nitrogen and oxygen atoms in total. The summed E-state index contributed by atoms with van der Waals surface area (Å²) >= 11 is 0. The first-order valence-corrected chi connectivity index (χ1v) is 8.97. The normalized spacial score (nSPS) is 18.1. The van der Waals surface area contributed by atoms with E-state index in [0.717, 1.165) is 12.1 Å². The maximum Gasteiger partial charge on any atom is 0.200 e. The molecule has 0 spiro atoms. The molecule has 3 unspecified atom stereocenters. The molecule has 6 N–H and O–H groups in total. The third kappa shape index (κ3) is 5.37. The lowest BCUT2D eigenvalue weighted by molar-refractivity contribution is 0.0476. The molecule has 0 fully saturated rings. The second-order valence-electron chi connectivity index (χ2n) is 5.79. The average Bonchev–Trinajstić information content (AvgIpc) is 3.08. The van der Waals surface area contributed by atoms with Crippen LogP contribution >= 0.6 is 0 Å². The molecule has 0 radical (unpaired) electrons. The molecule has 3 atom stereocenters. The SMILES string of the molecule is CC.CC1=NN(c2ccccc2)C(O)C1C(O)c1c(F)c(F)c(F)c(F)c1F.CO.N. The molecule has 2 aromatic carbocycles. The van der Waals surface area contributed by atoms with Crippen molar-refractivity contribution in [1.29, 1.82) is 0 Å². The van der Waals surface area contributed by atoms with Gasteiger partial charge in [0.05, 0.1) is 23.3 Å². The summed E-state index contributed by atoms with van der Waals surface area (Å²) in [4.78, 5) is 0. The summed E-state index contributed by atoms with van der Waals surface area (Å²) in [5.41, 5.74) is -0.917. The topological polar surface area (TPSA) is 111 Å². The molecule has 0 aromatic heterocycles. The summed E-state index contributed by atoms with van der Waals surface area (Å²) in [6.07, 6.45) is -3.77. The minimum Gasteiger partial charge on any atom is -0.400 e. The lowest BCUT2D eigenvalue weighted by atomic mass is 9.90. The van der Waals surface area contributed by atoms with E-state index >= 15 is 0 Å². The Hall–Kier alpha value is -2.60. The van der Waals surface area contributed by atoms with Crippen molar-refractivity contribution in [3.8, 4) is 0 Å². The van der Waals surface area contributed by atoms with Gasteiger partial charge in [-0.25, -0.2) is 27.0 Å². The zero-order valence-electron chi connectivity index (χ0n) is 17.5. The van der Waals surface area contributed by atoms with E-state index in [1.165, 1.54) is 6.92 Å². The maximum atomic E-state index is 14.0. The average molecular weight is 451 g/mol. The van der Waals surface area contributed by atoms with Crippen LogP contribution < -0.4 is 11.2 Å². The number of halogens is 5. The fraction of sp³-hybridized carbons (Fsp3) is 0.350. The Bertz CT molecular complexity index is 855. The van der Waals surface area contributed by atoms with Crippen molar-refractivity contribution in [2.45, 2.75) is 33.1 Å². The smallest absolute Gasteiger partial charge is 0.200 e. The summed E-state index contributed by atoms with van der Waals surface area (Å²) in [5.74, 6) is -12.3. The van der Waals surface area contributed by atoms with Crippen LogP contribution in [0.5, 0.6) is 0 Å². The zero-order valence-corrected chi connectivity index (χ0v) is 17.5. The Morgan fingerprint density at radius 3 is 1.74 bits per heavy atom. The summed E-state index contributed by atoms with van der Waals surface area (Å²) < 4.78 is 67.9. The molecular weight excluding hydrogens is 425 g/mol. The summed E-state index contributed by atoms with van der Waals surface area (Å²) in [6, 6.07) is 8.20. The molecule has 1 aliphatic heterocycles. The van der Waals surface area contributed by atoms with E-state index < -0.39 is 52.9 Å². The third-order valence-corrected chi connectivity index (χ3v) is 4.22. The Kier molecular flexibility index (Phi) is 11.3. The number of para-hydroxylation sites is 1. The Labute approximate surface area is 176 Å². The van der Waals surface area contributed by atoms with Crippen molar-refractivity contribution in [2.75, 3.05) is 12.1 Å². The fourth-order valence-electron chi connectivity index (χ4n) is 2.91. The van der Waals surface area contributed by atoms with Crippen molar-refractivity contribution in [2.24, 2.45) is 11.0 Å². The van der Waals surface area contributed by atoms with Gasteiger partial charge < -0.3 is 21.5 Å². The predicted molar refractivity (Wildman–Crippen MR) is 107 cm³/mol. The van der Waals surface area contributed by atoms with Crippen LogP contribution in [0.3, 0.4) is 0 Å². The highest BCUT2D eigenvalue weighted by atomic mass is 19.2. The van der Waals surface area contributed by atoms with E-state index in [9.17, 15) is 32.2 Å². The lowest BCUT2D eigenvalue weighted by Gasteiger charge is -2.27. The van der Waals surface area contributed by atoms with Gasteiger partial charge in [0.15, 0.2) is 29.5 Å². The molecule has 1 aliphatic rings. The van der Waals surface area contributed by atoms with Gasteiger partial charge in [-0.05, 0) is 19.1 Å². The minimum absolute atomic E-state index is 0. The van der Waals surface area contributed by atoms with Crippen molar-refractivity contribution in [3.63, 3.8) is 0 Å². The van der Waals surface area contributed by atoms with Gasteiger partial charge in [-0.1, -0.05) is 32.0 Å². The number of nitrogens with zero attached hydrogens (tertiary/aromatic N) is 2. The molecule has 174 valence electrons. The van der Waals surface area contributed by atoms with Gasteiger partial charge in [-0.2, -0.15) is 5.10 Å². The van der Waals surface area contributed by atoms with Crippen LogP contribution in [0, 0.1) is 35.0 Å². The quantitative estimate of drug-likeness (QED) is 0.320. The molecule has 0 saturated heterocycles. The van der Waals surface area contributed by atoms with E-state index in [4.69, 9.17) is 5.11 Å². The molecule has 2 aromatic rings. The van der Waals surface area contributed by atoms with Gasteiger partial charge in [0.2, 0.25) is 5.82 Å². The second-order valence-corrected chi connectivity index (χ2v) is 5.79. The first-order chi connectivity index (χ1) is 14.3. The molecule has 0 aliphatic carbocycles. The van der Waals surface area contributed by atoms with E-state index in [1.54, 1.807) is 30.3 Å². The standard InChI is InChI=1S/C17H13F5N2O2.C2H6.CH4O.H3N/c1-7-9(17(26)24(23-7)8-5-3-2-4-6-8)16(25)10-11(18)13(20)15(22)14(21)12(10)19;2*1-2;/h2-6,9,16-17,25-26H,1H3;1-2H3;2H,1H3;1H3. The van der Waals surface area contributed by atoms with Crippen LogP contribution in [0.1, 0.15) is 32.4 Å². The van der Waals surface area contributed by atoms with Crippen LogP contribution in [-0.4, -0.2) is 34.4 Å². The third-order valence-electron chi connectivity index (χ3n) is 4.22. The van der Waals surface area contributed by atoms with Gasteiger partial charge in [0.1, 0.15) is 0 Å². The number of rotatable bonds is 3. The highest BCUT2D eigenvalue weighted by Gasteiger charge is 2.43. The molecule has 31 heavy (non-hydrogen) atoms. The zero-order chi connectivity index (χ0) is 23.2. The maximum absolute atomic E-state index is 14.0. The summed E-state index contributed by atoms with van der Waals surface area (Å²) in [7, 11) is 1.00. The van der Waals surface area contributed by atoms with Crippen molar-refractivity contribution < 1.29 is 37.3 Å². The number of hydrazone groups is 1. The largest absolute Gasteiger partial charge is 0.400 e. The van der Waals surface area contributed by atoms with Crippen LogP contribution in [0.2, 0.25) is 0 Å². The van der Waals surface area contributed by atoms with Crippen LogP contribution in [0.4, 0.5) is 27.6 Å². The Morgan fingerprint density at radius 1 is 0.871 bits per heavy atom. The number of aliphatic hydroxyl groups excluding tert-OH is 3. The van der Waals surface area contributed by atoms with Gasteiger partial charge in [-0.3, -0.25) is 0 Å². The van der Waals surface area contributed by atoms with Crippen molar-refractivity contribution >= 4 is 11.4 Å². The molecule has 0 amide bonds. The number of benzene rings is 2. The van der Waals surface area contributed by atoms with Crippen LogP contribution in [0.15, 0.2) is 35.4 Å². The molecule has 1 heterocycles. The van der Waals surface area contributed by atoms with Crippen LogP contribution in [-0.2, 0) is 0 Å². The van der Waals surface area contributed by atoms with Crippen LogP contribution in [0.25, 0.3) is 0 Å². The fourth-order valence-corrected chi connectivity index (χ4v) is 2.91. The highest BCUT2D eigenvalue weighted by Crippen LogP contribution is 2.38. The molecule has 3 rings (SSSR count). The molecule has 0 saturated carbocycles. The first kappa shape index (κ1) is 28.4. The monoisotopic (exact) mass is 451 g/mol. The van der Waals surface area contributed by atoms with E-state index in [0.29, 0.717) is 5.69 Å². The Morgan fingerprint density at radius 2 is 1.29 bits per heavy atom. The second kappa shape index (κ2) is 12.3. The number of hydrogen-bond donors (Lipinski definition) is 4. The minimum atomic E-state index is -2.32. The molecular formula is C20H26F5N3O3. The van der Waals surface area contributed by atoms with Crippen molar-refractivity contribution in [1.82, 2.24) is 6.15 Å². The highest BCUT2D eigenvalue weighted by molar-refractivity contribution is 5.89. The molecule has 11 heteroatoms. The van der Waals surface area contributed by atoms with E-state index in [2.05, 4.69) is 5.10 Å². The van der Waals surface area contributed by atoms with Gasteiger partial charge >= 0.3 is 0 Å². The lowest BCUT2D eigenvalue weighted by Crippen LogP contribution is -2.37. The van der Waals surface area contributed by atoms with Gasteiger partial charge in [0.25, 0.3) is 0 Å². The van der Waals surface area contributed by atoms with E-state index in [-0.39, 0.29) is 11.9 Å². The first-order valence-electron chi connectivity index (χ1n) is 8.97. The summed E-state index contributed by atoms with van der Waals surface area (Å²) in [5, 5.41) is 32.9. The number of anilines is 1. The molecule has 0 bridgehead atoms. The number of hydrogen-bond acceptors (Lipinski definition) is 6. The van der Waals surface area contributed by atoms with Gasteiger partial charge in [-0.15, -0.1) is 0 Å². The van der Waals surface area contributed by atoms with E-state index in [1.807, 2.05) is 13.8 Å². The van der Waals surface area contributed by atoms with Gasteiger partial charge in [0, 0.05) is 12.8 Å². The number of aliphatic hydroxyl groups is 3. The Balaban J connectivity index is 0.00000170. The summed E-state index contributed by atoms with van der Waals surface area (Å²) in [6.45, 7) is 5.37. The predicted octanol–water partition coefficient (Wildman–Crippen LogP) is 4.04. The van der Waals surface area contributed by atoms with Crippen molar-refractivity contribution in [3.05, 3.63) is 65.0 Å².